The molecular formula is C12H12N4O2S. The largest absolute Gasteiger partial charge is 0.342 e. The SMILES string of the molecule is Cc1noc(CNC(=O)c2ccc(C#CCN)s2)n1. The van der Waals surface area contributed by atoms with E-state index in [4.69, 9.17) is 10.3 Å². The van der Waals surface area contributed by atoms with Crippen LogP contribution in [-0.2, 0) is 6.54 Å². The lowest BCUT2D eigenvalue weighted by Gasteiger charge is -1.98. The number of carbonyl (C=O) groups excluding carboxylic acids is 1. The number of hydrogen-bond acceptors (Lipinski definition) is 6. The Labute approximate surface area is 114 Å². The van der Waals surface area contributed by atoms with Gasteiger partial charge in [0.1, 0.15) is 0 Å². The molecule has 0 aliphatic rings. The van der Waals surface area contributed by atoms with Gasteiger partial charge in [-0.2, -0.15) is 4.98 Å². The molecule has 0 fully saturated rings. The molecule has 19 heavy (non-hydrogen) atoms. The predicted octanol–water partition coefficient (Wildman–Crippen LogP) is 0.680. The van der Waals surface area contributed by atoms with E-state index in [1.807, 2.05) is 0 Å². The van der Waals surface area contributed by atoms with E-state index in [-0.39, 0.29) is 12.5 Å². The van der Waals surface area contributed by atoms with Crippen molar-refractivity contribution in [3.8, 4) is 11.8 Å². The number of nitrogens with zero attached hydrogens (tertiary/aromatic N) is 2. The number of carbonyl (C=O) groups is 1. The maximum absolute atomic E-state index is 11.8. The lowest BCUT2D eigenvalue weighted by Crippen LogP contribution is -2.21. The topological polar surface area (TPSA) is 94.0 Å². The summed E-state index contributed by atoms with van der Waals surface area (Å²) in [5.41, 5.74) is 5.29. The summed E-state index contributed by atoms with van der Waals surface area (Å²) in [6.45, 7) is 2.23. The summed E-state index contributed by atoms with van der Waals surface area (Å²) in [5.74, 6) is 6.35. The molecule has 6 nitrogen and oxygen atoms in total. The molecule has 0 bridgehead atoms. The van der Waals surface area contributed by atoms with E-state index in [0.29, 0.717) is 23.1 Å². The summed E-state index contributed by atoms with van der Waals surface area (Å²) in [5, 5.41) is 6.34. The molecular weight excluding hydrogens is 264 g/mol. The third kappa shape index (κ3) is 3.64. The van der Waals surface area contributed by atoms with Crippen molar-refractivity contribution in [2.75, 3.05) is 6.54 Å². The lowest BCUT2D eigenvalue weighted by atomic mass is 10.4. The number of rotatable bonds is 3. The first-order valence-corrected chi connectivity index (χ1v) is 6.37. The normalized spacial score (nSPS) is 9.79. The molecule has 0 aliphatic heterocycles. The highest BCUT2D eigenvalue weighted by molar-refractivity contribution is 7.14. The van der Waals surface area contributed by atoms with Crippen LogP contribution in [0.4, 0.5) is 0 Å². The fourth-order valence-electron chi connectivity index (χ4n) is 1.32. The minimum Gasteiger partial charge on any atom is -0.342 e. The second-order valence-electron chi connectivity index (χ2n) is 3.59. The van der Waals surface area contributed by atoms with Crippen molar-refractivity contribution in [2.45, 2.75) is 13.5 Å². The molecule has 3 N–H and O–H groups in total. The van der Waals surface area contributed by atoms with Crippen LogP contribution in [0, 0.1) is 18.8 Å². The van der Waals surface area contributed by atoms with E-state index in [1.54, 1.807) is 19.1 Å². The van der Waals surface area contributed by atoms with Crippen LogP contribution in [0.3, 0.4) is 0 Å². The number of thiophene rings is 1. The summed E-state index contributed by atoms with van der Waals surface area (Å²) in [7, 11) is 0. The molecule has 0 spiro atoms. The van der Waals surface area contributed by atoms with Gasteiger partial charge in [-0.05, 0) is 19.1 Å². The van der Waals surface area contributed by atoms with Gasteiger partial charge in [-0.25, -0.2) is 0 Å². The van der Waals surface area contributed by atoms with E-state index in [0.717, 1.165) is 4.88 Å². The van der Waals surface area contributed by atoms with Crippen molar-refractivity contribution in [1.29, 1.82) is 0 Å². The second-order valence-corrected chi connectivity index (χ2v) is 4.67. The minimum atomic E-state index is -0.193. The summed E-state index contributed by atoms with van der Waals surface area (Å²) in [6.07, 6.45) is 0. The van der Waals surface area contributed by atoms with Gasteiger partial charge in [-0.3, -0.25) is 4.79 Å². The van der Waals surface area contributed by atoms with Crippen molar-refractivity contribution in [2.24, 2.45) is 5.73 Å². The first kappa shape index (κ1) is 13.3. The van der Waals surface area contributed by atoms with Crippen LogP contribution >= 0.6 is 11.3 Å². The molecule has 0 radical (unpaired) electrons. The number of aromatic nitrogens is 2. The fourth-order valence-corrected chi connectivity index (χ4v) is 2.12. The third-order valence-electron chi connectivity index (χ3n) is 2.11. The molecule has 0 saturated carbocycles. The minimum absolute atomic E-state index is 0.193. The van der Waals surface area contributed by atoms with Crippen LogP contribution in [0.2, 0.25) is 0 Å². The van der Waals surface area contributed by atoms with Crippen molar-refractivity contribution in [1.82, 2.24) is 15.5 Å². The molecule has 0 unspecified atom stereocenters. The van der Waals surface area contributed by atoms with Crippen LogP contribution in [-0.4, -0.2) is 22.6 Å². The van der Waals surface area contributed by atoms with Crippen LogP contribution in [0.1, 0.15) is 26.3 Å². The van der Waals surface area contributed by atoms with Crippen molar-refractivity contribution in [3.63, 3.8) is 0 Å². The highest BCUT2D eigenvalue weighted by Gasteiger charge is 2.10. The highest BCUT2D eigenvalue weighted by atomic mass is 32.1. The summed E-state index contributed by atoms with van der Waals surface area (Å²) >= 11 is 1.31. The maximum Gasteiger partial charge on any atom is 0.261 e. The number of nitrogens with one attached hydrogen (secondary N) is 1. The van der Waals surface area contributed by atoms with E-state index in [2.05, 4.69) is 27.3 Å². The summed E-state index contributed by atoms with van der Waals surface area (Å²) in [4.78, 5) is 17.2. The first-order chi connectivity index (χ1) is 9.19. The molecule has 2 rings (SSSR count). The Balaban J connectivity index is 1.94. The zero-order valence-electron chi connectivity index (χ0n) is 10.3. The Morgan fingerprint density at radius 2 is 2.42 bits per heavy atom. The van der Waals surface area contributed by atoms with E-state index >= 15 is 0 Å². The van der Waals surface area contributed by atoms with Gasteiger partial charge in [0.05, 0.1) is 22.8 Å². The Bertz CT molecular complexity index is 635. The van der Waals surface area contributed by atoms with Gasteiger partial charge in [0, 0.05) is 0 Å². The van der Waals surface area contributed by atoms with Crippen molar-refractivity contribution in [3.05, 3.63) is 33.6 Å². The van der Waals surface area contributed by atoms with Gasteiger partial charge >= 0.3 is 0 Å². The highest BCUT2D eigenvalue weighted by Crippen LogP contribution is 2.15. The average molecular weight is 276 g/mol. The maximum atomic E-state index is 11.8. The van der Waals surface area contributed by atoms with Crippen LogP contribution in [0.5, 0.6) is 0 Å². The molecule has 1 amide bonds. The third-order valence-corrected chi connectivity index (χ3v) is 3.11. The summed E-state index contributed by atoms with van der Waals surface area (Å²) in [6, 6.07) is 3.51. The van der Waals surface area contributed by atoms with Crippen molar-refractivity contribution < 1.29 is 9.32 Å². The monoisotopic (exact) mass is 276 g/mol. The number of amides is 1. The first-order valence-electron chi connectivity index (χ1n) is 5.55. The predicted molar refractivity (Wildman–Crippen MR) is 70.5 cm³/mol. The molecule has 2 aromatic heterocycles. The van der Waals surface area contributed by atoms with Crippen LogP contribution in [0.15, 0.2) is 16.7 Å². The van der Waals surface area contributed by atoms with Gasteiger partial charge in [0.2, 0.25) is 5.89 Å². The Morgan fingerprint density at radius 1 is 1.58 bits per heavy atom. The van der Waals surface area contributed by atoms with Gasteiger partial charge < -0.3 is 15.6 Å². The van der Waals surface area contributed by atoms with E-state index in [1.165, 1.54) is 11.3 Å². The van der Waals surface area contributed by atoms with Gasteiger partial charge in [0.25, 0.3) is 5.91 Å². The van der Waals surface area contributed by atoms with Gasteiger partial charge in [-0.1, -0.05) is 17.0 Å². The van der Waals surface area contributed by atoms with Crippen LogP contribution < -0.4 is 11.1 Å². The Kier molecular flexibility index (Phi) is 4.28. The molecule has 0 saturated heterocycles. The summed E-state index contributed by atoms with van der Waals surface area (Å²) < 4.78 is 4.90. The second kappa shape index (κ2) is 6.13. The number of hydrogen-bond donors (Lipinski definition) is 2. The number of nitrogens with two attached hydrogens (primary N) is 1. The van der Waals surface area contributed by atoms with Crippen LogP contribution in [0.25, 0.3) is 0 Å². The molecule has 0 atom stereocenters. The quantitative estimate of drug-likeness (QED) is 0.804. The zero-order chi connectivity index (χ0) is 13.7. The fraction of sp³-hybridized carbons (Fsp3) is 0.250. The van der Waals surface area contributed by atoms with Gasteiger partial charge in [-0.15, -0.1) is 11.3 Å². The standard InChI is InChI=1S/C12H12N4O2S/c1-8-15-11(18-16-8)7-14-12(17)10-5-4-9(19-10)3-2-6-13/h4-5H,6-7,13H2,1H3,(H,14,17). The van der Waals surface area contributed by atoms with Crippen molar-refractivity contribution >= 4 is 17.2 Å². The zero-order valence-corrected chi connectivity index (χ0v) is 11.1. The Hall–Kier alpha value is -2.17. The number of aryl methyl sites for hydroxylation is 1. The smallest absolute Gasteiger partial charge is 0.261 e. The molecule has 0 aliphatic carbocycles. The molecule has 0 aromatic carbocycles. The van der Waals surface area contributed by atoms with E-state index in [9.17, 15) is 4.79 Å². The molecule has 7 heteroatoms. The molecule has 2 heterocycles. The average Bonchev–Trinajstić information content (AvgIpc) is 3.02. The molecule has 2 aromatic rings. The van der Waals surface area contributed by atoms with Gasteiger partial charge in [0.15, 0.2) is 5.82 Å². The van der Waals surface area contributed by atoms with E-state index < -0.39 is 0 Å². The Morgan fingerprint density at radius 3 is 3.11 bits per heavy atom. The lowest BCUT2D eigenvalue weighted by molar-refractivity contribution is 0.0950. The molecule has 98 valence electrons.